The van der Waals surface area contributed by atoms with E-state index >= 15 is 0 Å². The quantitative estimate of drug-likeness (QED) is 0.825. The van der Waals surface area contributed by atoms with Gasteiger partial charge in [0.05, 0.1) is 18.4 Å². The number of aryl methyl sites for hydroxylation is 1. The molecule has 2 aromatic rings. The van der Waals surface area contributed by atoms with E-state index in [1.165, 1.54) is 13.2 Å². The number of carbonyl (C=O) groups is 1. The zero-order valence-electron chi connectivity index (χ0n) is 13.0. The van der Waals surface area contributed by atoms with Crippen molar-refractivity contribution in [2.45, 2.75) is 26.3 Å². The lowest BCUT2D eigenvalue weighted by Gasteiger charge is -2.17. The van der Waals surface area contributed by atoms with Gasteiger partial charge in [-0.15, -0.1) is 0 Å². The van der Waals surface area contributed by atoms with Crippen molar-refractivity contribution in [1.29, 1.82) is 0 Å². The summed E-state index contributed by atoms with van der Waals surface area (Å²) in [4.78, 5) is 25.0. The Kier molecular flexibility index (Phi) is 3.60. The first kappa shape index (κ1) is 15.1. The monoisotopic (exact) mass is 314 g/mol. The maximum absolute atomic E-state index is 12.9. The van der Waals surface area contributed by atoms with Crippen LogP contribution in [0.3, 0.4) is 0 Å². The van der Waals surface area contributed by atoms with Crippen LogP contribution >= 0.6 is 0 Å². The molecule has 0 amide bonds. The number of pyridine rings is 1. The summed E-state index contributed by atoms with van der Waals surface area (Å²) >= 11 is 0. The molecule has 0 bridgehead atoms. The number of aromatic hydroxyl groups is 1. The van der Waals surface area contributed by atoms with Crippen molar-refractivity contribution >= 4 is 11.7 Å². The molecule has 23 heavy (non-hydrogen) atoms. The number of nitrogens with two attached hydrogens (primary N) is 1. The molecule has 0 spiro atoms. The van der Waals surface area contributed by atoms with E-state index < -0.39 is 5.97 Å². The third kappa shape index (κ3) is 2.27. The number of nitrogens with zero attached hydrogens (tertiary/aromatic N) is 1. The Morgan fingerprint density at radius 1 is 1.39 bits per heavy atom. The molecular formula is C17H18N2O4. The fourth-order valence-electron chi connectivity index (χ4n) is 3.16. The Morgan fingerprint density at radius 3 is 2.83 bits per heavy atom. The predicted molar refractivity (Wildman–Crippen MR) is 86.6 cm³/mol. The molecule has 0 unspecified atom stereocenters. The molecule has 0 radical (unpaired) electrons. The fraction of sp³-hybridized carbons (Fsp3) is 0.294. The Morgan fingerprint density at radius 2 is 2.13 bits per heavy atom. The summed E-state index contributed by atoms with van der Waals surface area (Å²) in [6.07, 6.45) is 1.39. The van der Waals surface area contributed by atoms with Gasteiger partial charge in [-0.1, -0.05) is 6.07 Å². The minimum absolute atomic E-state index is 0.0366. The molecule has 0 fully saturated rings. The van der Waals surface area contributed by atoms with Crippen molar-refractivity contribution in [2.24, 2.45) is 0 Å². The molecule has 0 saturated carbocycles. The minimum Gasteiger partial charge on any atom is -0.508 e. The minimum atomic E-state index is -0.549. The molecular weight excluding hydrogens is 296 g/mol. The van der Waals surface area contributed by atoms with Crippen LogP contribution in [0.2, 0.25) is 0 Å². The average molecular weight is 314 g/mol. The number of anilines is 1. The number of hydrogen-bond acceptors (Lipinski definition) is 5. The highest BCUT2D eigenvalue weighted by Crippen LogP contribution is 2.34. The molecule has 3 rings (SSSR count). The first-order valence-corrected chi connectivity index (χ1v) is 7.39. The van der Waals surface area contributed by atoms with Crippen LogP contribution in [0.1, 0.15) is 28.0 Å². The average Bonchev–Trinajstić information content (AvgIpc) is 3.00. The van der Waals surface area contributed by atoms with Gasteiger partial charge in [0.1, 0.15) is 11.3 Å². The number of phenolic OH excluding ortho intramolecular Hbond substituents is 1. The van der Waals surface area contributed by atoms with Crippen molar-refractivity contribution in [3.63, 3.8) is 0 Å². The summed E-state index contributed by atoms with van der Waals surface area (Å²) in [5.41, 5.74) is 8.50. The van der Waals surface area contributed by atoms with Gasteiger partial charge >= 0.3 is 5.97 Å². The van der Waals surface area contributed by atoms with E-state index in [1.54, 1.807) is 16.7 Å². The number of ether oxygens (including phenoxy) is 1. The SMILES string of the molecule is COC(=O)c1c(N)c(-c2cc(O)ccc2C)c(=O)n2c1CCC2. The van der Waals surface area contributed by atoms with Crippen molar-refractivity contribution in [3.05, 3.63) is 45.4 Å². The summed E-state index contributed by atoms with van der Waals surface area (Å²) in [6.45, 7) is 2.37. The third-order valence-electron chi connectivity index (χ3n) is 4.29. The van der Waals surface area contributed by atoms with Gasteiger partial charge in [-0.2, -0.15) is 0 Å². The second kappa shape index (κ2) is 5.46. The number of methoxy groups -OCH3 is 1. The van der Waals surface area contributed by atoms with E-state index in [1.807, 2.05) is 6.92 Å². The van der Waals surface area contributed by atoms with Crippen LogP contribution in [0.25, 0.3) is 11.1 Å². The van der Waals surface area contributed by atoms with Gasteiger partial charge in [-0.3, -0.25) is 4.79 Å². The number of esters is 1. The number of nitrogen functional groups attached to an aromatic ring is 1. The highest BCUT2D eigenvalue weighted by molar-refractivity contribution is 6.00. The molecule has 6 heteroatoms. The Labute approximate surface area is 133 Å². The summed E-state index contributed by atoms with van der Waals surface area (Å²) in [5.74, 6) is -0.512. The first-order chi connectivity index (χ1) is 11.0. The van der Waals surface area contributed by atoms with E-state index in [0.717, 1.165) is 12.0 Å². The predicted octanol–water partition coefficient (Wildman–Crippen LogP) is 1.84. The summed E-state index contributed by atoms with van der Waals surface area (Å²) in [7, 11) is 1.29. The first-order valence-electron chi connectivity index (χ1n) is 7.39. The molecule has 1 aliphatic rings. The molecule has 6 nitrogen and oxygen atoms in total. The van der Waals surface area contributed by atoms with Gasteiger partial charge in [0.25, 0.3) is 5.56 Å². The summed E-state index contributed by atoms with van der Waals surface area (Å²) in [5, 5.41) is 9.76. The van der Waals surface area contributed by atoms with Crippen LogP contribution < -0.4 is 11.3 Å². The Bertz CT molecular complexity index is 868. The second-order valence-corrected chi connectivity index (χ2v) is 5.66. The van der Waals surface area contributed by atoms with E-state index in [2.05, 4.69) is 0 Å². The van der Waals surface area contributed by atoms with Gasteiger partial charge in [-0.25, -0.2) is 4.79 Å². The van der Waals surface area contributed by atoms with Crippen LogP contribution in [0.5, 0.6) is 5.75 Å². The maximum atomic E-state index is 12.9. The molecule has 2 heterocycles. The van der Waals surface area contributed by atoms with Crippen LogP contribution in [0.4, 0.5) is 5.69 Å². The number of phenols is 1. The lowest BCUT2D eigenvalue weighted by atomic mass is 9.96. The number of aromatic nitrogens is 1. The van der Waals surface area contributed by atoms with Crippen LogP contribution in [-0.2, 0) is 17.7 Å². The number of hydrogen-bond donors (Lipinski definition) is 2. The van der Waals surface area contributed by atoms with Gasteiger partial charge in [-0.05, 0) is 43.0 Å². The van der Waals surface area contributed by atoms with E-state index in [-0.39, 0.29) is 28.1 Å². The maximum Gasteiger partial charge on any atom is 0.341 e. The van der Waals surface area contributed by atoms with Gasteiger partial charge in [0.2, 0.25) is 0 Å². The number of carbonyl (C=O) groups excluding carboxylic acids is 1. The van der Waals surface area contributed by atoms with Crippen molar-refractivity contribution in [1.82, 2.24) is 4.57 Å². The molecule has 0 atom stereocenters. The molecule has 1 aliphatic heterocycles. The topological polar surface area (TPSA) is 94.6 Å². The molecule has 3 N–H and O–H groups in total. The lowest BCUT2D eigenvalue weighted by Crippen LogP contribution is -2.27. The smallest absolute Gasteiger partial charge is 0.341 e. The van der Waals surface area contributed by atoms with Gasteiger partial charge in [0, 0.05) is 12.2 Å². The van der Waals surface area contributed by atoms with E-state index in [0.29, 0.717) is 24.2 Å². The van der Waals surface area contributed by atoms with E-state index in [4.69, 9.17) is 10.5 Å². The summed E-state index contributed by atoms with van der Waals surface area (Å²) in [6, 6.07) is 4.74. The van der Waals surface area contributed by atoms with Crippen molar-refractivity contribution in [3.8, 4) is 16.9 Å². The second-order valence-electron chi connectivity index (χ2n) is 5.66. The number of fused-ring (bicyclic) bond motifs is 1. The van der Waals surface area contributed by atoms with Gasteiger partial charge in [0.15, 0.2) is 0 Å². The normalized spacial score (nSPS) is 13.0. The van der Waals surface area contributed by atoms with Crippen molar-refractivity contribution in [2.75, 3.05) is 12.8 Å². The Balaban J connectivity index is 2.41. The standard InChI is InChI=1S/C17H18N2O4/c1-9-5-6-10(20)8-11(9)13-15(18)14(17(22)23-2)12-4-3-7-19(12)16(13)21/h5-6,8,20H,3-4,7,18H2,1-2H3. The van der Waals surface area contributed by atoms with Crippen LogP contribution in [0, 0.1) is 6.92 Å². The molecule has 1 aromatic carbocycles. The summed E-state index contributed by atoms with van der Waals surface area (Å²) < 4.78 is 6.43. The van der Waals surface area contributed by atoms with Crippen LogP contribution in [0.15, 0.2) is 23.0 Å². The highest BCUT2D eigenvalue weighted by Gasteiger charge is 2.28. The molecule has 0 aliphatic carbocycles. The largest absolute Gasteiger partial charge is 0.508 e. The Hall–Kier alpha value is -2.76. The zero-order valence-corrected chi connectivity index (χ0v) is 13.0. The van der Waals surface area contributed by atoms with E-state index in [9.17, 15) is 14.7 Å². The number of rotatable bonds is 2. The lowest BCUT2D eigenvalue weighted by molar-refractivity contribution is 0.0600. The molecule has 120 valence electrons. The van der Waals surface area contributed by atoms with Crippen molar-refractivity contribution < 1.29 is 14.6 Å². The number of benzene rings is 1. The third-order valence-corrected chi connectivity index (χ3v) is 4.29. The zero-order chi connectivity index (χ0) is 16.7. The van der Waals surface area contributed by atoms with Gasteiger partial charge < -0.3 is 20.1 Å². The fourth-order valence-corrected chi connectivity index (χ4v) is 3.16. The molecule has 0 saturated heterocycles. The highest BCUT2D eigenvalue weighted by atomic mass is 16.5. The molecule has 1 aromatic heterocycles. The van der Waals surface area contributed by atoms with Crippen LogP contribution in [-0.4, -0.2) is 22.8 Å².